The Kier molecular flexibility index (Phi) is 7.82. The van der Waals surface area contributed by atoms with Gasteiger partial charge in [0, 0.05) is 13.1 Å². The molecule has 6 heteroatoms. The van der Waals surface area contributed by atoms with Crippen LogP contribution in [0.3, 0.4) is 0 Å². The van der Waals surface area contributed by atoms with Crippen LogP contribution < -0.4 is 15.6 Å². The Labute approximate surface area is 184 Å². The van der Waals surface area contributed by atoms with Crippen LogP contribution in [0.25, 0.3) is 17.0 Å². The van der Waals surface area contributed by atoms with Gasteiger partial charge in [0.15, 0.2) is 17.4 Å². The quantitative estimate of drug-likeness (QED) is 0.428. The van der Waals surface area contributed by atoms with Gasteiger partial charge in [-0.2, -0.15) is 0 Å². The zero-order chi connectivity index (χ0) is 22.2. The normalized spacial score (nSPS) is 11.1. The second-order valence-electron chi connectivity index (χ2n) is 8.08. The maximum absolute atomic E-state index is 13.2. The lowest BCUT2D eigenvalue weighted by molar-refractivity contribution is 0.302. The Morgan fingerprint density at radius 1 is 1.29 bits per heavy atom. The van der Waals surface area contributed by atoms with Crippen LogP contribution in [0.15, 0.2) is 47.9 Å². The van der Waals surface area contributed by atoms with E-state index in [0.29, 0.717) is 35.4 Å². The van der Waals surface area contributed by atoms with Crippen molar-refractivity contribution < 1.29 is 4.74 Å². The van der Waals surface area contributed by atoms with Gasteiger partial charge in [0.1, 0.15) is 6.61 Å². The molecule has 0 bridgehead atoms. The summed E-state index contributed by atoms with van der Waals surface area (Å²) in [6.45, 7) is 11.8. The summed E-state index contributed by atoms with van der Waals surface area (Å²) in [5, 5.41) is 4.34. The molecule has 164 valence electrons. The monoisotopic (exact) mass is 420 g/mol. The molecule has 0 saturated heterocycles. The minimum atomic E-state index is -0.0107. The highest BCUT2D eigenvalue weighted by molar-refractivity contribution is 5.79. The highest BCUT2D eigenvalue weighted by Crippen LogP contribution is 2.23. The fourth-order valence-electron chi connectivity index (χ4n) is 3.35. The van der Waals surface area contributed by atoms with Crippen molar-refractivity contribution in [2.75, 3.05) is 11.9 Å². The van der Waals surface area contributed by atoms with Gasteiger partial charge in [0.05, 0.1) is 17.3 Å². The number of nitrogens with one attached hydrogen (secondary N) is 1. The van der Waals surface area contributed by atoms with E-state index in [2.05, 4.69) is 42.6 Å². The van der Waals surface area contributed by atoms with E-state index in [1.54, 1.807) is 12.3 Å². The van der Waals surface area contributed by atoms with E-state index < -0.39 is 0 Å². The molecule has 3 rings (SSSR count). The van der Waals surface area contributed by atoms with Gasteiger partial charge < -0.3 is 14.6 Å². The lowest BCUT2D eigenvalue weighted by atomic mass is 10.1. The van der Waals surface area contributed by atoms with E-state index in [-0.39, 0.29) is 12.2 Å². The average molecular weight is 421 g/mol. The lowest BCUT2D eigenvalue weighted by Gasteiger charge is -2.16. The number of benzene rings is 1. The number of rotatable bonds is 11. The number of ether oxygens (including phenoxy) is 1. The zero-order valence-electron chi connectivity index (χ0n) is 18.7. The van der Waals surface area contributed by atoms with Crippen molar-refractivity contribution in [1.29, 1.82) is 0 Å². The molecular formula is C25H32N4O2. The summed E-state index contributed by atoms with van der Waals surface area (Å²) in [5.41, 5.74) is 1.57. The van der Waals surface area contributed by atoms with Crippen molar-refractivity contribution in [2.45, 2.75) is 53.2 Å². The lowest BCUT2D eigenvalue weighted by Crippen LogP contribution is -2.26. The molecule has 3 aromatic rings. The molecule has 0 aliphatic rings. The highest BCUT2D eigenvalue weighted by atomic mass is 16.5. The number of unbranched alkanes of at least 4 members (excludes halogenated alkanes) is 1. The third kappa shape index (κ3) is 5.72. The van der Waals surface area contributed by atoms with Crippen LogP contribution in [-0.4, -0.2) is 21.1 Å². The number of anilines is 1. The molecule has 6 nitrogen and oxygen atoms in total. The SMILES string of the molecule is C=Cc1ncc(OCc2cc3ccccc3n(CCC(C)C)c2=O)c(NCCCC)n1. The van der Waals surface area contributed by atoms with E-state index >= 15 is 0 Å². The second-order valence-corrected chi connectivity index (χ2v) is 8.08. The van der Waals surface area contributed by atoms with Crippen LogP contribution in [0, 0.1) is 5.92 Å². The maximum Gasteiger partial charge on any atom is 0.257 e. The van der Waals surface area contributed by atoms with Crippen LogP contribution in [0.1, 0.15) is 51.4 Å². The van der Waals surface area contributed by atoms with Gasteiger partial charge in [0.25, 0.3) is 5.56 Å². The Hall–Kier alpha value is -3.15. The molecule has 0 amide bonds. The Bertz CT molecular complexity index is 1090. The number of nitrogens with zero attached hydrogens (tertiary/aromatic N) is 3. The number of hydrogen-bond donors (Lipinski definition) is 1. The smallest absolute Gasteiger partial charge is 0.257 e. The minimum Gasteiger partial charge on any atom is -0.483 e. The Morgan fingerprint density at radius 2 is 2.10 bits per heavy atom. The highest BCUT2D eigenvalue weighted by Gasteiger charge is 2.13. The van der Waals surface area contributed by atoms with Crippen LogP contribution in [0.2, 0.25) is 0 Å². The van der Waals surface area contributed by atoms with Crippen molar-refractivity contribution in [3.05, 3.63) is 64.8 Å². The molecule has 0 spiro atoms. The topological polar surface area (TPSA) is 69.0 Å². The molecule has 0 radical (unpaired) electrons. The largest absolute Gasteiger partial charge is 0.483 e. The fraction of sp³-hybridized carbons (Fsp3) is 0.400. The molecule has 0 saturated carbocycles. The van der Waals surface area contributed by atoms with Crippen LogP contribution in [0.5, 0.6) is 5.75 Å². The van der Waals surface area contributed by atoms with Crippen LogP contribution in [0.4, 0.5) is 5.82 Å². The first-order chi connectivity index (χ1) is 15.0. The Balaban J connectivity index is 1.89. The summed E-state index contributed by atoms with van der Waals surface area (Å²) in [6.07, 6.45) is 6.28. The minimum absolute atomic E-state index is 0.0107. The zero-order valence-corrected chi connectivity index (χ0v) is 18.7. The summed E-state index contributed by atoms with van der Waals surface area (Å²) in [6, 6.07) is 9.91. The predicted octanol–water partition coefficient (Wildman–Crippen LogP) is 5.27. The number of aromatic nitrogens is 3. The summed E-state index contributed by atoms with van der Waals surface area (Å²) in [5.74, 6) is 2.21. The molecule has 1 N–H and O–H groups in total. The van der Waals surface area contributed by atoms with Crippen molar-refractivity contribution in [2.24, 2.45) is 5.92 Å². The van der Waals surface area contributed by atoms with Crippen molar-refractivity contribution >= 4 is 22.8 Å². The third-order valence-corrected chi connectivity index (χ3v) is 5.17. The second kappa shape index (κ2) is 10.8. The summed E-state index contributed by atoms with van der Waals surface area (Å²) < 4.78 is 7.90. The van der Waals surface area contributed by atoms with Crippen LogP contribution in [-0.2, 0) is 13.2 Å². The number of para-hydroxylation sites is 1. The first-order valence-electron chi connectivity index (χ1n) is 11.0. The fourth-order valence-corrected chi connectivity index (χ4v) is 3.35. The Morgan fingerprint density at radius 3 is 2.84 bits per heavy atom. The molecule has 2 heterocycles. The molecule has 0 fully saturated rings. The number of pyridine rings is 1. The first-order valence-corrected chi connectivity index (χ1v) is 11.0. The molecule has 0 aliphatic carbocycles. The predicted molar refractivity (Wildman–Crippen MR) is 128 cm³/mol. The average Bonchev–Trinajstić information content (AvgIpc) is 2.77. The van der Waals surface area contributed by atoms with Gasteiger partial charge in [-0.15, -0.1) is 0 Å². The van der Waals surface area contributed by atoms with E-state index in [9.17, 15) is 4.79 Å². The maximum atomic E-state index is 13.2. The molecular weight excluding hydrogens is 388 g/mol. The van der Waals surface area contributed by atoms with Gasteiger partial charge in [-0.1, -0.05) is 52.0 Å². The summed E-state index contributed by atoms with van der Waals surface area (Å²) >= 11 is 0. The molecule has 0 unspecified atom stereocenters. The van der Waals surface area contributed by atoms with E-state index in [0.717, 1.165) is 36.7 Å². The molecule has 31 heavy (non-hydrogen) atoms. The number of fused-ring (bicyclic) bond motifs is 1. The molecule has 0 atom stereocenters. The van der Waals surface area contributed by atoms with Crippen LogP contribution >= 0.6 is 0 Å². The van der Waals surface area contributed by atoms with Gasteiger partial charge in [-0.25, -0.2) is 9.97 Å². The van der Waals surface area contributed by atoms with Crippen molar-refractivity contribution in [3.8, 4) is 5.75 Å². The number of hydrogen-bond acceptors (Lipinski definition) is 5. The van der Waals surface area contributed by atoms with E-state index in [1.807, 2.05) is 34.9 Å². The third-order valence-electron chi connectivity index (χ3n) is 5.17. The standard InChI is InChI=1S/C25H32N4O2/c1-5-7-13-26-24-22(16-27-23(6-2)28-24)31-17-20-15-19-10-8-9-11-21(19)29(25(20)30)14-12-18(3)4/h6,8-11,15-16,18H,2,5,7,12-14,17H2,1,3-4H3,(H,26,27,28). The van der Waals surface area contributed by atoms with Crippen molar-refractivity contribution in [1.82, 2.24) is 14.5 Å². The van der Waals surface area contributed by atoms with E-state index in [4.69, 9.17) is 4.74 Å². The van der Waals surface area contributed by atoms with Crippen molar-refractivity contribution in [3.63, 3.8) is 0 Å². The summed E-state index contributed by atoms with van der Waals surface area (Å²) in [4.78, 5) is 22.0. The first kappa shape index (κ1) is 22.5. The van der Waals surface area contributed by atoms with Gasteiger partial charge in [-0.05, 0) is 42.4 Å². The molecule has 1 aromatic carbocycles. The summed E-state index contributed by atoms with van der Waals surface area (Å²) in [7, 11) is 0. The molecule has 0 aliphatic heterocycles. The van der Waals surface area contributed by atoms with Gasteiger partial charge >= 0.3 is 0 Å². The van der Waals surface area contributed by atoms with Gasteiger partial charge in [-0.3, -0.25) is 4.79 Å². The van der Waals surface area contributed by atoms with Gasteiger partial charge in [0.2, 0.25) is 0 Å². The number of aryl methyl sites for hydroxylation is 1. The molecule has 2 aromatic heterocycles. The van der Waals surface area contributed by atoms with E-state index in [1.165, 1.54) is 0 Å².